The summed E-state index contributed by atoms with van der Waals surface area (Å²) in [5.41, 5.74) is 6.63. The van der Waals surface area contributed by atoms with Crippen LogP contribution in [0, 0.1) is 12.7 Å². The van der Waals surface area contributed by atoms with Crippen molar-refractivity contribution in [2.45, 2.75) is 33.4 Å². The van der Waals surface area contributed by atoms with Gasteiger partial charge in [-0.2, -0.15) is 0 Å². The lowest BCUT2D eigenvalue weighted by Gasteiger charge is -2.34. The third-order valence-electron chi connectivity index (χ3n) is 7.39. The second kappa shape index (κ2) is 12.6. The Morgan fingerprint density at radius 2 is 1.68 bits per heavy atom. The van der Waals surface area contributed by atoms with Crippen molar-refractivity contribution in [2.75, 3.05) is 44.6 Å². The van der Waals surface area contributed by atoms with E-state index in [9.17, 15) is 9.18 Å². The molecule has 4 aromatic rings. The first-order chi connectivity index (χ1) is 19.4. The van der Waals surface area contributed by atoms with Gasteiger partial charge in [-0.1, -0.05) is 43.3 Å². The second-order valence-electron chi connectivity index (χ2n) is 10.2. The van der Waals surface area contributed by atoms with E-state index in [2.05, 4.69) is 45.4 Å². The number of aromatic nitrogens is 2. The number of hydrogen-bond acceptors (Lipinski definition) is 6. The van der Waals surface area contributed by atoms with Gasteiger partial charge in [-0.25, -0.2) is 14.2 Å². The van der Waals surface area contributed by atoms with Crippen LogP contribution in [-0.2, 0) is 24.3 Å². The fourth-order valence-electron chi connectivity index (χ4n) is 5.13. The number of aliphatic hydroxyl groups is 1. The molecule has 5 rings (SSSR count). The number of nitrogens with one attached hydrogen (secondary N) is 1. The fourth-order valence-corrected chi connectivity index (χ4v) is 5.13. The first kappa shape index (κ1) is 27.8. The molecule has 0 aliphatic carbocycles. The Hall–Kier alpha value is -3.79. The first-order valence-corrected chi connectivity index (χ1v) is 13.8. The van der Waals surface area contributed by atoms with Crippen LogP contribution in [0.1, 0.15) is 29.3 Å². The Kier molecular flexibility index (Phi) is 8.74. The predicted octanol–water partition coefficient (Wildman–Crippen LogP) is 4.87. The van der Waals surface area contributed by atoms with Gasteiger partial charge < -0.3 is 9.84 Å². The Balaban J connectivity index is 1.30. The molecule has 0 radical (unpaired) electrons. The molecule has 0 bridgehead atoms. The van der Waals surface area contributed by atoms with Crippen molar-refractivity contribution in [3.8, 4) is 11.1 Å². The third kappa shape index (κ3) is 6.50. The molecule has 40 heavy (non-hydrogen) atoms. The molecule has 1 fully saturated rings. The number of anilines is 1. The Bertz CT molecular complexity index is 1440. The number of β-amino-alcohol motifs (C(OH)–C–C–N with tert-alkyl or cyclic N) is 1. The molecule has 0 unspecified atom stereocenters. The minimum absolute atomic E-state index is 0.0410. The highest BCUT2D eigenvalue weighted by atomic mass is 19.1. The summed E-state index contributed by atoms with van der Waals surface area (Å²) in [7, 11) is 0. The number of hydrogen-bond donors (Lipinski definition) is 2. The summed E-state index contributed by atoms with van der Waals surface area (Å²) < 4.78 is 20.5. The maximum Gasteiger partial charge on any atom is 0.413 e. The lowest BCUT2D eigenvalue weighted by atomic mass is 10.0. The number of aliphatic hydroxyl groups excluding tert-OH is 1. The molecule has 2 aromatic carbocycles. The van der Waals surface area contributed by atoms with Crippen LogP contribution >= 0.6 is 0 Å². The number of benzene rings is 2. The lowest BCUT2D eigenvalue weighted by molar-refractivity contribution is 0.108. The number of rotatable bonds is 9. The van der Waals surface area contributed by atoms with Crippen LogP contribution in [0.25, 0.3) is 16.8 Å². The van der Waals surface area contributed by atoms with Gasteiger partial charge in [-0.15, -0.1) is 0 Å². The molecule has 1 aliphatic heterocycles. The van der Waals surface area contributed by atoms with E-state index >= 15 is 0 Å². The fraction of sp³-hybridized carbons (Fsp3) is 0.355. The van der Waals surface area contributed by atoms with Gasteiger partial charge in [0.1, 0.15) is 23.9 Å². The van der Waals surface area contributed by atoms with Gasteiger partial charge in [0, 0.05) is 45.5 Å². The standard InChI is InChI=1S/C31H36FN5O3/c1-3-28-30(34-31(39)40-21-24-6-10-27(32)11-7-24)37-20-26(18-22(2)29(37)33-28)25-8-4-23(5-9-25)19-36-14-12-35(13-15-36)16-17-38/h4-11,18,20,38H,3,12-17,19,21H2,1-2H3,(H,34,39). The zero-order valence-electron chi connectivity index (χ0n) is 23.1. The molecule has 9 heteroatoms. The van der Waals surface area contributed by atoms with Crippen molar-refractivity contribution < 1.29 is 19.0 Å². The lowest BCUT2D eigenvalue weighted by Crippen LogP contribution is -2.46. The highest BCUT2D eigenvalue weighted by Gasteiger charge is 2.18. The molecule has 2 aromatic heterocycles. The van der Waals surface area contributed by atoms with Crippen molar-refractivity contribution in [3.63, 3.8) is 0 Å². The van der Waals surface area contributed by atoms with E-state index in [0.717, 1.165) is 67.3 Å². The third-order valence-corrected chi connectivity index (χ3v) is 7.39. The molecular weight excluding hydrogens is 509 g/mol. The molecule has 0 spiro atoms. The number of carbonyl (C=O) groups excluding carboxylic acids is 1. The van der Waals surface area contributed by atoms with Crippen molar-refractivity contribution in [1.82, 2.24) is 19.2 Å². The van der Waals surface area contributed by atoms with Crippen LogP contribution < -0.4 is 5.32 Å². The summed E-state index contributed by atoms with van der Waals surface area (Å²) in [5, 5.41) is 12.0. The Labute approximate surface area is 234 Å². The molecule has 210 valence electrons. The maximum absolute atomic E-state index is 13.2. The van der Waals surface area contributed by atoms with Gasteiger partial charge in [-0.05, 0) is 59.4 Å². The molecule has 8 nitrogen and oxygen atoms in total. The minimum atomic E-state index is -0.592. The van der Waals surface area contributed by atoms with Crippen LogP contribution in [0.4, 0.5) is 15.0 Å². The number of amides is 1. The van der Waals surface area contributed by atoms with Crippen LogP contribution in [0.5, 0.6) is 0 Å². The summed E-state index contributed by atoms with van der Waals surface area (Å²) in [6.07, 6.45) is 2.05. The molecule has 1 saturated heterocycles. The van der Waals surface area contributed by atoms with E-state index < -0.39 is 6.09 Å². The zero-order valence-corrected chi connectivity index (χ0v) is 23.1. The monoisotopic (exact) mass is 545 g/mol. The van der Waals surface area contributed by atoms with Crippen LogP contribution in [0.2, 0.25) is 0 Å². The molecule has 1 amide bonds. The number of aryl methyl sites for hydroxylation is 2. The molecule has 3 heterocycles. The van der Waals surface area contributed by atoms with Crippen LogP contribution in [-0.4, -0.2) is 69.7 Å². The van der Waals surface area contributed by atoms with Crippen molar-refractivity contribution in [3.05, 3.63) is 89.0 Å². The van der Waals surface area contributed by atoms with Crippen molar-refractivity contribution in [2.24, 2.45) is 0 Å². The Morgan fingerprint density at radius 1 is 1.00 bits per heavy atom. The molecule has 0 saturated carbocycles. The summed E-state index contributed by atoms with van der Waals surface area (Å²) in [4.78, 5) is 22.2. The highest BCUT2D eigenvalue weighted by molar-refractivity contribution is 5.85. The van der Waals surface area contributed by atoms with Gasteiger partial charge in [0.15, 0.2) is 0 Å². The number of fused-ring (bicyclic) bond motifs is 1. The van der Waals surface area contributed by atoms with E-state index in [0.29, 0.717) is 17.8 Å². The SMILES string of the molecule is CCc1nc2c(C)cc(-c3ccc(CN4CCN(CCO)CC4)cc3)cn2c1NC(=O)OCc1ccc(F)cc1. The quantitative estimate of drug-likeness (QED) is 0.312. The summed E-state index contributed by atoms with van der Waals surface area (Å²) in [6.45, 7) is 9.89. The number of ether oxygens (including phenoxy) is 1. The molecule has 0 atom stereocenters. The maximum atomic E-state index is 13.2. The first-order valence-electron chi connectivity index (χ1n) is 13.8. The minimum Gasteiger partial charge on any atom is -0.444 e. The number of halogens is 1. The van der Waals surface area contributed by atoms with Gasteiger partial charge in [-0.3, -0.25) is 19.5 Å². The predicted molar refractivity (Wildman–Crippen MR) is 154 cm³/mol. The van der Waals surface area contributed by atoms with E-state index in [1.54, 1.807) is 12.1 Å². The summed E-state index contributed by atoms with van der Waals surface area (Å²) >= 11 is 0. The van der Waals surface area contributed by atoms with E-state index in [1.807, 2.05) is 24.4 Å². The molecular formula is C31H36FN5O3. The summed E-state index contributed by atoms with van der Waals surface area (Å²) in [5.74, 6) is 0.254. The van der Waals surface area contributed by atoms with E-state index in [4.69, 9.17) is 14.8 Å². The average molecular weight is 546 g/mol. The van der Waals surface area contributed by atoms with E-state index in [1.165, 1.54) is 17.7 Å². The number of imidazole rings is 1. The molecule has 2 N–H and O–H groups in total. The Morgan fingerprint density at radius 3 is 2.35 bits per heavy atom. The average Bonchev–Trinajstić information content (AvgIpc) is 3.32. The number of pyridine rings is 1. The molecule has 1 aliphatic rings. The van der Waals surface area contributed by atoms with Gasteiger partial charge in [0.25, 0.3) is 0 Å². The van der Waals surface area contributed by atoms with Crippen molar-refractivity contribution >= 4 is 17.6 Å². The number of piperazine rings is 1. The zero-order chi connectivity index (χ0) is 28.1. The van der Waals surface area contributed by atoms with Gasteiger partial charge in [0.2, 0.25) is 0 Å². The highest BCUT2D eigenvalue weighted by Crippen LogP contribution is 2.28. The number of nitrogens with zero attached hydrogens (tertiary/aromatic N) is 4. The summed E-state index contributed by atoms with van der Waals surface area (Å²) in [6, 6.07) is 16.6. The van der Waals surface area contributed by atoms with Crippen LogP contribution in [0.3, 0.4) is 0 Å². The van der Waals surface area contributed by atoms with Gasteiger partial charge in [0.05, 0.1) is 12.3 Å². The van der Waals surface area contributed by atoms with Crippen molar-refractivity contribution in [1.29, 1.82) is 0 Å². The number of carbonyl (C=O) groups is 1. The van der Waals surface area contributed by atoms with E-state index in [-0.39, 0.29) is 19.0 Å². The topological polar surface area (TPSA) is 82.3 Å². The second-order valence-corrected chi connectivity index (χ2v) is 10.2. The normalized spacial score (nSPS) is 14.5. The largest absolute Gasteiger partial charge is 0.444 e. The van der Waals surface area contributed by atoms with Crippen LogP contribution in [0.15, 0.2) is 60.8 Å². The van der Waals surface area contributed by atoms with Gasteiger partial charge >= 0.3 is 6.09 Å². The smallest absolute Gasteiger partial charge is 0.413 e.